The first-order valence-electron chi connectivity index (χ1n) is 11.4. The summed E-state index contributed by atoms with van der Waals surface area (Å²) in [4.78, 5) is 43.5. The van der Waals surface area contributed by atoms with E-state index in [0.29, 0.717) is 43.9 Å². The lowest BCUT2D eigenvalue weighted by molar-refractivity contribution is -0.115. The van der Waals surface area contributed by atoms with Crippen LogP contribution in [0.5, 0.6) is 0 Å². The Bertz CT molecular complexity index is 796. The molecule has 1 aromatic carbocycles. The van der Waals surface area contributed by atoms with Crippen LogP contribution in [0.4, 0.5) is 16.2 Å². The lowest BCUT2D eigenvalue weighted by Crippen LogP contribution is -2.53. The molecule has 2 N–H and O–H groups in total. The highest BCUT2D eigenvalue weighted by molar-refractivity contribution is 6.02. The van der Waals surface area contributed by atoms with Gasteiger partial charge in [0, 0.05) is 63.1 Å². The van der Waals surface area contributed by atoms with E-state index >= 15 is 0 Å². The minimum atomic E-state index is -0.0751. The van der Waals surface area contributed by atoms with Crippen molar-refractivity contribution in [1.29, 1.82) is 0 Å². The Hall–Kier alpha value is -2.77. The fraction of sp³-hybridized carbons (Fsp3) is 0.609. The number of carbonyl (C=O) groups excluding carboxylic acids is 3. The predicted molar refractivity (Wildman–Crippen MR) is 123 cm³/mol. The summed E-state index contributed by atoms with van der Waals surface area (Å²) in [7, 11) is 0. The average Bonchev–Trinajstić information content (AvgIpc) is 2.78. The molecule has 0 bridgehead atoms. The number of anilines is 2. The summed E-state index contributed by atoms with van der Waals surface area (Å²) in [5.41, 5.74) is 2.13. The fourth-order valence-corrected chi connectivity index (χ4v) is 4.07. The molecule has 2 saturated heterocycles. The number of benzene rings is 1. The molecule has 3 rings (SSSR count). The molecule has 170 valence electrons. The molecule has 0 saturated carbocycles. The van der Waals surface area contributed by atoms with Crippen molar-refractivity contribution < 1.29 is 14.4 Å². The number of hydrogen-bond donors (Lipinski definition) is 2. The van der Waals surface area contributed by atoms with Crippen molar-refractivity contribution in [3.05, 3.63) is 23.8 Å². The predicted octanol–water partition coefficient (Wildman–Crippen LogP) is 2.90. The highest BCUT2D eigenvalue weighted by Crippen LogP contribution is 2.28. The highest BCUT2D eigenvalue weighted by Gasteiger charge is 2.27. The summed E-state index contributed by atoms with van der Waals surface area (Å²) >= 11 is 0. The Balaban J connectivity index is 1.79. The maximum absolute atomic E-state index is 13.4. The number of urea groups is 1. The number of rotatable bonds is 5. The summed E-state index contributed by atoms with van der Waals surface area (Å²) in [5, 5.41) is 5.81. The van der Waals surface area contributed by atoms with E-state index < -0.39 is 0 Å². The van der Waals surface area contributed by atoms with Gasteiger partial charge in [-0.05, 0) is 51.3 Å². The first kappa shape index (κ1) is 22.9. The number of piperidine rings is 1. The van der Waals surface area contributed by atoms with Crippen molar-refractivity contribution in [2.45, 2.75) is 52.5 Å². The van der Waals surface area contributed by atoms with Gasteiger partial charge in [0.2, 0.25) is 5.91 Å². The number of piperazine rings is 1. The van der Waals surface area contributed by atoms with Gasteiger partial charge in [-0.3, -0.25) is 9.59 Å². The van der Waals surface area contributed by atoms with E-state index in [9.17, 15) is 14.4 Å². The molecule has 0 spiro atoms. The molecule has 4 amide bonds. The van der Waals surface area contributed by atoms with Crippen LogP contribution in [0.2, 0.25) is 0 Å². The average molecular weight is 430 g/mol. The molecule has 0 aliphatic carbocycles. The monoisotopic (exact) mass is 429 g/mol. The van der Waals surface area contributed by atoms with Crippen LogP contribution in [-0.4, -0.2) is 73.0 Å². The maximum Gasteiger partial charge on any atom is 0.317 e. The highest BCUT2D eigenvalue weighted by atomic mass is 16.2. The van der Waals surface area contributed by atoms with Gasteiger partial charge in [-0.1, -0.05) is 6.92 Å². The molecule has 31 heavy (non-hydrogen) atoms. The van der Waals surface area contributed by atoms with Gasteiger partial charge in [0.25, 0.3) is 5.91 Å². The zero-order valence-electron chi connectivity index (χ0n) is 18.9. The molecular formula is C23H35N5O3. The lowest BCUT2D eigenvalue weighted by atomic mass is 10.1. The zero-order chi connectivity index (χ0) is 22.4. The van der Waals surface area contributed by atoms with Gasteiger partial charge >= 0.3 is 6.03 Å². The number of amides is 4. The molecule has 2 aliphatic heterocycles. The van der Waals surface area contributed by atoms with E-state index in [4.69, 9.17) is 0 Å². The molecule has 8 heteroatoms. The molecule has 2 fully saturated rings. The van der Waals surface area contributed by atoms with Gasteiger partial charge in [-0.15, -0.1) is 0 Å². The van der Waals surface area contributed by atoms with Gasteiger partial charge in [-0.2, -0.15) is 0 Å². The Morgan fingerprint density at radius 1 is 0.935 bits per heavy atom. The summed E-state index contributed by atoms with van der Waals surface area (Å²) in [6, 6.07) is 5.64. The lowest BCUT2D eigenvalue weighted by Gasteiger charge is -2.37. The fourth-order valence-electron chi connectivity index (χ4n) is 4.07. The van der Waals surface area contributed by atoms with E-state index in [1.807, 2.05) is 35.8 Å². The molecule has 2 heterocycles. The third-order valence-electron chi connectivity index (χ3n) is 5.79. The summed E-state index contributed by atoms with van der Waals surface area (Å²) in [6.45, 7) is 9.77. The van der Waals surface area contributed by atoms with Crippen LogP contribution >= 0.6 is 0 Å². The zero-order valence-corrected chi connectivity index (χ0v) is 18.9. The van der Waals surface area contributed by atoms with Gasteiger partial charge in [0.05, 0.1) is 5.56 Å². The van der Waals surface area contributed by atoms with Gasteiger partial charge in [0.1, 0.15) is 0 Å². The topological polar surface area (TPSA) is 85.0 Å². The van der Waals surface area contributed by atoms with Crippen LogP contribution in [0.15, 0.2) is 18.2 Å². The molecule has 2 aliphatic rings. The van der Waals surface area contributed by atoms with Crippen molar-refractivity contribution in [2.75, 3.05) is 49.5 Å². The van der Waals surface area contributed by atoms with Crippen LogP contribution in [0.3, 0.4) is 0 Å². The second-order valence-electron chi connectivity index (χ2n) is 8.56. The number of hydrogen-bond acceptors (Lipinski definition) is 4. The van der Waals surface area contributed by atoms with E-state index in [0.717, 1.165) is 38.0 Å². The first-order chi connectivity index (χ1) is 14.9. The third-order valence-corrected chi connectivity index (χ3v) is 5.79. The van der Waals surface area contributed by atoms with Crippen molar-refractivity contribution in [3.8, 4) is 0 Å². The van der Waals surface area contributed by atoms with E-state index in [1.54, 1.807) is 13.0 Å². The standard InChI is InChI=1S/C23H35N5O3/c1-4-21(29)25-18-8-9-20(19(16-18)22(30)27-10-6-5-7-11-27)26-12-14-28(15-13-26)23(31)24-17(2)3/h8-9,16-17H,4-7,10-15H2,1-3H3,(H,24,31)(H,25,29). The van der Waals surface area contributed by atoms with Gasteiger partial charge < -0.3 is 25.3 Å². The Morgan fingerprint density at radius 3 is 2.23 bits per heavy atom. The van der Waals surface area contributed by atoms with Gasteiger partial charge in [0.15, 0.2) is 0 Å². The molecule has 0 radical (unpaired) electrons. The van der Waals surface area contributed by atoms with Crippen molar-refractivity contribution >= 4 is 29.2 Å². The maximum atomic E-state index is 13.4. The van der Waals surface area contributed by atoms with Crippen molar-refractivity contribution in [2.24, 2.45) is 0 Å². The first-order valence-corrected chi connectivity index (χ1v) is 11.4. The Kier molecular flexibility index (Phi) is 7.76. The Labute approximate surface area is 184 Å². The van der Waals surface area contributed by atoms with Crippen LogP contribution in [0.1, 0.15) is 56.8 Å². The minimum Gasteiger partial charge on any atom is -0.367 e. The molecular weight excluding hydrogens is 394 g/mol. The van der Waals surface area contributed by atoms with Crippen molar-refractivity contribution in [3.63, 3.8) is 0 Å². The van der Waals surface area contributed by atoms with Crippen LogP contribution < -0.4 is 15.5 Å². The Morgan fingerprint density at radius 2 is 1.61 bits per heavy atom. The third kappa shape index (κ3) is 5.89. The summed E-state index contributed by atoms with van der Waals surface area (Å²) in [6.07, 6.45) is 3.59. The molecule has 0 aromatic heterocycles. The molecule has 8 nitrogen and oxygen atoms in total. The molecule has 0 unspecified atom stereocenters. The van der Waals surface area contributed by atoms with Crippen LogP contribution in [-0.2, 0) is 4.79 Å². The largest absolute Gasteiger partial charge is 0.367 e. The van der Waals surface area contributed by atoms with E-state index in [2.05, 4.69) is 15.5 Å². The number of likely N-dealkylation sites (tertiary alicyclic amines) is 1. The number of carbonyl (C=O) groups is 3. The van der Waals surface area contributed by atoms with Crippen molar-refractivity contribution in [1.82, 2.24) is 15.1 Å². The number of nitrogens with one attached hydrogen (secondary N) is 2. The van der Waals surface area contributed by atoms with E-state index in [1.165, 1.54) is 0 Å². The summed E-state index contributed by atoms with van der Waals surface area (Å²) in [5.74, 6) is -0.0591. The quantitative estimate of drug-likeness (QED) is 0.754. The SMILES string of the molecule is CCC(=O)Nc1ccc(N2CCN(C(=O)NC(C)C)CC2)c(C(=O)N2CCCCC2)c1. The second kappa shape index (κ2) is 10.5. The number of nitrogens with zero attached hydrogens (tertiary/aromatic N) is 3. The van der Waals surface area contributed by atoms with Crippen LogP contribution in [0.25, 0.3) is 0 Å². The molecule has 0 atom stereocenters. The van der Waals surface area contributed by atoms with Gasteiger partial charge in [-0.25, -0.2) is 4.79 Å². The smallest absolute Gasteiger partial charge is 0.317 e. The second-order valence-corrected chi connectivity index (χ2v) is 8.56. The minimum absolute atomic E-state index is 0.0160. The normalized spacial score (nSPS) is 17.0. The molecule has 1 aromatic rings. The van der Waals surface area contributed by atoms with E-state index in [-0.39, 0.29) is 23.9 Å². The van der Waals surface area contributed by atoms with Crippen LogP contribution in [0, 0.1) is 0 Å². The summed E-state index contributed by atoms with van der Waals surface area (Å²) < 4.78 is 0.